The number of piperidine rings is 2. The van der Waals surface area contributed by atoms with Gasteiger partial charge in [-0.05, 0) is 56.2 Å². The number of methoxy groups -OCH3 is 1. The standard InChI is InChI=1S/C25H36N2O5/c1-3-22(28)17-8-12-27(13-9-17)25(30)21-16-20(31-2)6-7-23(21)32-19-10-14-26(15-11-19)24(29)18-4-5-18/h6-7,16-19,22,28H,3-5,8-15H2,1-2H3. The Morgan fingerprint density at radius 2 is 1.69 bits per heavy atom. The van der Waals surface area contributed by atoms with Crippen molar-refractivity contribution in [3.05, 3.63) is 23.8 Å². The van der Waals surface area contributed by atoms with Gasteiger partial charge in [0.05, 0.1) is 18.8 Å². The fourth-order valence-corrected chi connectivity index (χ4v) is 4.86. The first-order valence-electron chi connectivity index (χ1n) is 12.1. The molecule has 1 N–H and O–H groups in total. The van der Waals surface area contributed by atoms with Crippen molar-refractivity contribution in [1.82, 2.24) is 9.80 Å². The van der Waals surface area contributed by atoms with Crippen molar-refractivity contribution in [3.63, 3.8) is 0 Å². The Morgan fingerprint density at radius 3 is 2.28 bits per heavy atom. The highest BCUT2D eigenvalue weighted by atomic mass is 16.5. The second-order valence-electron chi connectivity index (χ2n) is 9.38. The summed E-state index contributed by atoms with van der Waals surface area (Å²) in [6.07, 6.45) is 5.68. The van der Waals surface area contributed by atoms with Crippen LogP contribution in [0.1, 0.15) is 62.2 Å². The van der Waals surface area contributed by atoms with E-state index in [1.807, 2.05) is 28.9 Å². The van der Waals surface area contributed by atoms with Crippen molar-refractivity contribution in [2.45, 2.75) is 64.1 Å². The minimum Gasteiger partial charge on any atom is -0.497 e. The Balaban J connectivity index is 1.40. The van der Waals surface area contributed by atoms with E-state index in [2.05, 4.69) is 0 Å². The van der Waals surface area contributed by atoms with Crippen LogP contribution in [0, 0.1) is 11.8 Å². The smallest absolute Gasteiger partial charge is 0.257 e. The number of carbonyl (C=O) groups is 2. The fraction of sp³-hybridized carbons (Fsp3) is 0.680. The highest BCUT2D eigenvalue weighted by molar-refractivity contribution is 5.97. The van der Waals surface area contributed by atoms with Crippen LogP contribution in [-0.2, 0) is 4.79 Å². The molecular formula is C25H36N2O5. The molecule has 2 saturated heterocycles. The summed E-state index contributed by atoms with van der Waals surface area (Å²) < 4.78 is 11.7. The highest BCUT2D eigenvalue weighted by Crippen LogP contribution is 2.33. The first-order valence-corrected chi connectivity index (χ1v) is 12.1. The molecule has 7 heteroatoms. The van der Waals surface area contributed by atoms with Crippen LogP contribution in [-0.4, -0.2) is 72.2 Å². The van der Waals surface area contributed by atoms with Crippen molar-refractivity contribution in [3.8, 4) is 11.5 Å². The van der Waals surface area contributed by atoms with E-state index in [4.69, 9.17) is 9.47 Å². The monoisotopic (exact) mass is 444 g/mol. The Morgan fingerprint density at radius 1 is 1.03 bits per heavy atom. The summed E-state index contributed by atoms with van der Waals surface area (Å²) in [7, 11) is 1.59. The van der Waals surface area contributed by atoms with Gasteiger partial charge in [-0.15, -0.1) is 0 Å². The molecule has 32 heavy (non-hydrogen) atoms. The molecular weight excluding hydrogens is 408 g/mol. The number of hydrogen-bond donors (Lipinski definition) is 1. The average molecular weight is 445 g/mol. The number of nitrogens with zero attached hydrogens (tertiary/aromatic N) is 2. The first-order chi connectivity index (χ1) is 15.5. The molecule has 3 fully saturated rings. The van der Waals surface area contributed by atoms with Gasteiger partial charge in [0.25, 0.3) is 5.91 Å². The number of hydrogen-bond acceptors (Lipinski definition) is 5. The number of amides is 2. The van der Waals surface area contributed by atoms with Crippen LogP contribution in [0.5, 0.6) is 11.5 Å². The number of carbonyl (C=O) groups excluding carboxylic acids is 2. The largest absolute Gasteiger partial charge is 0.497 e. The lowest BCUT2D eigenvalue weighted by Gasteiger charge is -2.35. The number of benzene rings is 1. The summed E-state index contributed by atoms with van der Waals surface area (Å²) in [4.78, 5) is 29.5. The van der Waals surface area contributed by atoms with Crippen LogP contribution in [0.2, 0.25) is 0 Å². The Hall–Kier alpha value is -2.28. The van der Waals surface area contributed by atoms with Crippen molar-refractivity contribution in [2.24, 2.45) is 11.8 Å². The predicted molar refractivity (Wildman–Crippen MR) is 121 cm³/mol. The van der Waals surface area contributed by atoms with Crippen molar-refractivity contribution >= 4 is 11.8 Å². The third-order valence-corrected chi connectivity index (χ3v) is 7.18. The molecule has 1 unspecified atom stereocenters. The molecule has 1 saturated carbocycles. The highest BCUT2D eigenvalue weighted by Gasteiger charge is 2.35. The molecule has 4 rings (SSSR count). The summed E-state index contributed by atoms with van der Waals surface area (Å²) in [5.41, 5.74) is 0.523. The van der Waals surface area contributed by atoms with E-state index in [1.54, 1.807) is 13.2 Å². The van der Waals surface area contributed by atoms with E-state index in [0.717, 1.165) is 44.9 Å². The van der Waals surface area contributed by atoms with Gasteiger partial charge in [0.2, 0.25) is 5.91 Å². The Kier molecular flexibility index (Phi) is 7.23. The Labute approximate surface area is 190 Å². The lowest BCUT2D eigenvalue weighted by Crippen LogP contribution is -2.43. The molecule has 0 bridgehead atoms. The molecule has 0 radical (unpaired) electrons. The normalized spacial score (nSPS) is 21.3. The molecule has 1 atom stereocenters. The topological polar surface area (TPSA) is 79.3 Å². The zero-order chi connectivity index (χ0) is 22.7. The van der Waals surface area contributed by atoms with Gasteiger partial charge >= 0.3 is 0 Å². The Bertz CT molecular complexity index is 809. The molecule has 176 valence electrons. The predicted octanol–water partition coefficient (Wildman–Crippen LogP) is 3.10. The van der Waals surface area contributed by atoms with Crippen LogP contribution in [0.4, 0.5) is 0 Å². The molecule has 0 spiro atoms. The van der Waals surface area contributed by atoms with Crippen LogP contribution in [0.15, 0.2) is 18.2 Å². The van der Waals surface area contributed by atoms with E-state index < -0.39 is 0 Å². The number of likely N-dealkylation sites (tertiary alicyclic amines) is 2. The van der Waals surface area contributed by atoms with Gasteiger partial charge in [-0.1, -0.05) is 6.92 Å². The van der Waals surface area contributed by atoms with Gasteiger partial charge in [0.15, 0.2) is 0 Å². The molecule has 0 aromatic heterocycles. The van der Waals surface area contributed by atoms with E-state index >= 15 is 0 Å². The molecule has 2 aliphatic heterocycles. The molecule has 1 aromatic carbocycles. The molecule has 2 amide bonds. The van der Waals surface area contributed by atoms with Gasteiger partial charge in [-0.25, -0.2) is 0 Å². The minimum atomic E-state index is -0.291. The van der Waals surface area contributed by atoms with Gasteiger partial charge < -0.3 is 24.4 Å². The van der Waals surface area contributed by atoms with Crippen molar-refractivity contribution in [1.29, 1.82) is 0 Å². The number of ether oxygens (including phenoxy) is 2. The first kappa shape index (κ1) is 22.9. The fourth-order valence-electron chi connectivity index (χ4n) is 4.86. The zero-order valence-electron chi connectivity index (χ0n) is 19.3. The lowest BCUT2D eigenvalue weighted by molar-refractivity contribution is -0.134. The maximum Gasteiger partial charge on any atom is 0.257 e. The van der Waals surface area contributed by atoms with Gasteiger partial charge in [-0.3, -0.25) is 9.59 Å². The van der Waals surface area contributed by atoms with E-state index in [9.17, 15) is 14.7 Å². The maximum atomic E-state index is 13.4. The van der Waals surface area contributed by atoms with Crippen LogP contribution in [0.25, 0.3) is 0 Å². The van der Waals surface area contributed by atoms with Crippen LogP contribution < -0.4 is 9.47 Å². The zero-order valence-corrected chi connectivity index (χ0v) is 19.3. The quantitative estimate of drug-likeness (QED) is 0.699. The lowest BCUT2D eigenvalue weighted by atomic mass is 9.89. The molecule has 1 aromatic rings. The van der Waals surface area contributed by atoms with Gasteiger partial charge in [0.1, 0.15) is 17.6 Å². The molecule has 2 heterocycles. The maximum absolute atomic E-state index is 13.4. The summed E-state index contributed by atoms with van der Waals surface area (Å²) >= 11 is 0. The number of aliphatic hydroxyl groups is 1. The van der Waals surface area contributed by atoms with E-state index in [-0.39, 0.29) is 30.0 Å². The number of rotatable bonds is 7. The van der Waals surface area contributed by atoms with Crippen LogP contribution in [0.3, 0.4) is 0 Å². The van der Waals surface area contributed by atoms with E-state index in [0.29, 0.717) is 49.1 Å². The minimum absolute atomic E-state index is 0.0105. The SMILES string of the molecule is CCC(O)C1CCN(C(=O)c2cc(OC)ccc2OC2CCN(C(=O)C3CC3)CC2)CC1. The van der Waals surface area contributed by atoms with Crippen molar-refractivity contribution in [2.75, 3.05) is 33.3 Å². The third kappa shape index (κ3) is 5.20. The third-order valence-electron chi connectivity index (χ3n) is 7.18. The van der Waals surface area contributed by atoms with Gasteiger partial charge in [0, 0.05) is 44.9 Å². The van der Waals surface area contributed by atoms with Crippen LogP contribution >= 0.6 is 0 Å². The second-order valence-corrected chi connectivity index (χ2v) is 9.38. The molecule has 3 aliphatic rings. The molecule has 1 aliphatic carbocycles. The van der Waals surface area contributed by atoms with E-state index in [1.165, 1.54) is 0 Å². The summed E-state index contributed by atoms with van der Waals surface area (Å²) in [6.45, 7) is 4.70. The average Bonchev–Trinajstić information content (AvgIpc) is 3.69. The number of aliphatic hydroxyl groups excluding tert-OH is 1. The summed E-state index contributed by atoms with van der Waals surface area (Å²) in [5.74, 6) is 1.96. The molecule has 7 nitrogen and oxygen atoms in total. The van der Waals surface area contributed by atoms with Gasteiger partial charge in [-0.2, -0.15) is 0 Å². The van der Waals surface area contributed by atoms with Crippen molar-refractivity contribution < 1.29 is 24.2 Å². The second kappa shape index (κ2) is 10.1. The summed E-state index contributed by atoms with van der Waals surface area (Å²) in [6, 6.07) is 5.40. The summed E-state index contributed by atoms with van der Waals surface area (Å²) in [5, 5.41) is 10.1.